The lowest BCUT2D eigenvalue weighted by Crippen LogP contribution is -2.38. The number of carbonyl (C=O) groups excluding carboxylic acids is 2. The number of hydrogen-bond acceptors (Lipinski definition) is 5. The van der Waals surface area contributed by atoms with Gasteiger partial charge in [0.25, 0.3) is 0 Å². The SMILES string of the molecule is COC(=O)C(O)CNC(=O)CCNC(C)C. The molecule has 0 aliphatic heterocycles. The number of aliphatic hydroxyl groups excluding tert-OH is 1. The second kappa shape index (κ2) is 8.06. The molecule has 0 aromatic heterocycles. The minimum Gasteiger partial charge on any atom is -0.467 e. The van der Waals surface area contributed by atoms with E-state index >= 15 is 0 Å². The minimum atomic E-state index is -1.30. The molecule has 1 unspecified atom stereocenters. The predicted molar refractivity (Wildman–Crippen MR) is 58.8 cm³/mol. The van der Waals surface area contributed by atoms with Crippen molar-refractivity contribution in [3.05, 3.63) is 0 Å². The first-order valence-electron chi connectivity index (χ1n) is 5.23. The molecular weight excluding hydrogens is 212 g/mol. The number of ether oxygens (including phenoxy) is 1. The molecule has 1 atom stereocenters. The van der Waals surface area contributed by atoms with Crippen LogP contribution in [0.25, 0.3) is 0 Å². The highest BCUT2D eigenvalue weighted by atomic mass is 16.5. The maximum absolute atomic E-state index is 11.2. The van der Waals surface area contributed by atoms with Crippen molar-refractivity contribution in [1.82, 2.24) is 10.6 Å². The van der Waals surface area contributed by atoms with E-state index in [1.54, 1.807) is 0 Å². The van der Waals surface area contributed by atoms with Gasteiger partial charge in [0.2, 0.25) is 5.91 Å². The predicted octanol–water partition coefficient (Wildman–Crippen LogP) is -0.975. The maximum atomic E-state index is 11.2. The van der Waals surface area contributed by atoms with Gasteiger partial charge in [0.15, 0.2) is 6.10 Å². The molecule has 0 saturated carbocycles. The summed E-state index contributed by atoms with van der Waals surface area (Å²) in [4.78, 5) is 22.0. The second-order valence-electron chi connectivity index (χ2n) is 3.70. The summed E-state index contributed by atoms with van der Waals surface area (Å²) < 4.78 is 4.30. The molecule has 0 saturated heterocycles. The van der Waals surface area contributed by atoms with Gasteiger partial charge in [-0.15, -0.1) is 0 Å². The molecule has 16 heavy (non-hydrogen) atoms. The Balaban J connectivity index is 3.61. The lowest BCUT2D eigenvalue weighted by molar-refractivity contribution is -0.150. The number of nitrogens with one attached hydrogen (secondary N) is 2. The number of amides is 1. The van der Waals surface area contributed by atoms with Gasteiger partial charge in [-0.1, -0.05) is 13.8 Å². The summed E-state index contributed by atoms with van der Waals surface area (Å²) in [5.74, 6) is -0.961. The first kappa shape index (κ1) is 14.9. The van der Waals surface area contributed by atoms with Gasteiger partial charge in [-0.2, -0.15) is 0 Å². The fourth-order valence-electron chi connectivity index (χ4n) is 0.993. The van der Waals surface area contributed by atoms with Gasteiger partial charge in [-0.05, 0) is 0 Å². The summed E-state index contributed by atoms with van der Waals surface area (Å²) in [5, 5.41) is 14.7. The zero-order valence-electron chi connectivity index (χ0n) is 9.95. The van der Waals surface area contributed by atoms with Crippen LogP contribution in [0.1, 0.15) is 20.3 Å². The van der Waals surface area contributed by atoms with Crippen LogP contribution < -0.4 is 10.6 Å². The van der Waals surface area contributed by atoms with Crippen molar-refractivity contribution in [1.29, 1.82) is 0 Å². The quantitative estimate of drug-likeness (QED) is 0.491. The molecule has 0 aliphatic rings. The Morgan fingerprint density at radius 2 is 2.00 bits per heavy atom. The first-order valence-corrected chi connectivity index (χ1v) is 5.23. The normalized spacial score (nSPS) is 12.3. The number of esters is 1. The van der Waals surface area contributed by atoms with E-state index in [-0.39, 0.29) is 12.5 Å². The van der Waals surface area contributed by atoms with Crippen molar-refractivity contribution in [3.8, 4) is 0 Å². The van der Waals surface area contributed by atoms with E-state index in [0.717, 1.165) is 0 Å². The highest BCUT2D eigenvalue weighted by molar-refractivity contribution is 5.78. The Hall–Kier alpha value is -1.14. The molecule has 0 rings (SSSR count). The van der Waals surface area contributed by atoms with Gasteiger partial charge in [0.1, 0.15) is 0 Å². The average Bonchev–Trinajstić information content (AvgIpc) is 2.24. The topological polar surface area (TPSA) is 87.7 Å². The summed E-state index contributed by atoms with van der Waals surface area (Å²) in [6, 6.07) is 0.327. The van der Waals surface area contributed by atoms with Gasteiger partial charge in [-0.3, -0.25) is 4.79 Å². The summed E-state index contributed by atoms with van der Waals surface area (Å²) in [5.41, 5.74) is 0. The molecule has 6 heteroatoms. The standard InChI is InChI=1S/C10H20N2O4/c1-7(2)11-5-4-9(14)12-6-8(13)10(15)16-3/h7-8,11,13H,4-6H2,1-3H3,(H,12,14). The van der Waals surface area contributed by atoms with Crippen molar-refractivity contribution < 1.29 is 19.4 Å². The highest BCUT2D eigenvalue weighted by Gasteiger charge is 2.15. The molecule has 0 heterocycles. The van der Waals surface area contributed by atoms with Crippen LogP contribution in [-0.4, -0.2) is 49.3 Å². The van der Waals surface area contributed by atoms with Gasteiger partial charge in [0.05, 0.1) is 13.7 Å². The highest BCUT2D eigenvalue weighted by Crippen LogP contribution is 1.86. The van der Waals surface area contributed by atoms with Crippen molar-refractivity contribution >= 4 is 11.9 Å². The van der Waals surface area contributed by atoms with Crippen LogP contribution >= 0.6 is 0 Å². The van der Waals surface area contributed by atoms with E-state index in [9.17, 15) is 14.7 Å². The third-order valence-electron chi connectivity index (χ3n) is 1.87. The molecule has 94 valence electrons. The van der Waals surface area contributed by atoms with Gasteiger partial charge >= 0.3 is 5.97 Å². The van der Waals surface area contributed by atoms with Crippen LogP contribution in [0.15, 0.2) is 0 Å². The van der Waals surface area contributed by atoms with E-state index in [2.05, 4.69) is 15.4 Å². The third-order valence-corrected chi connectivity index (χ3v) is 1.87. The molecular formula is C10H20N2O4. The van der Waals surface area contributed by atoms with Crippen LogP contribution in [0.5, 0.6) is 0 Å². The van der Waals surface area contributed by atoms with Crippen LogP contribution in [0.2, 0.25) is 0 Å². The van der Waals surface area contributed by atoms with Crippen molar-refractivity contribution in [2.24, 2.45) is 0 Å². The molecule has 3 N–H and O–H groups in total. The molecule has 0 fully saturated rings. The molecule has 0 spiro atoms. The zero-order valence-corrected chi connectivity index (χ0v) is 9.95. The smallest absolute Gasteiger partial charge is 0.336 e. The lowest BCUT2D eigenvalue weighted by atomic mass is 10.3. The van der Waals surface area contributed by atoms with Crippen LogP contribution in [0.3, 0.4) is 0 Å². The van der Waals surface area contributed by atoms with Gasteiger partial charge in [0, 0.05) is 19.0 Å². The molecule has 1 amide bonds. The number of hydrogen-bond donors (Lipinski definition) is 3. The fourth-order valence-corrected chi connectivity index (χ4v) is 0.993. The molecule has 0 aromatic carbocycles. The Morgan fingerprint density at radius 1 is 1.38 bits per heavy atom. The molecule has 0 aromatic rings. The fraction of sp³-hybridized carbons (Fsp3) is 0.800. The van der Waals surface area contributed by atoms with Crippen molar-refractivity contribution in [3.63, 3.8) is 0 Å². The monoisotopic (exact) mass is 232 g/mol. The molecule has 6 nitrogen and oxygen atoms in total. The molecule has 0 radical (unpaired) electrons. The average molecular weight is 232 g/mol. The van der Waals surface area contributed by atoms with Crippen molar-refractivity contribution in [2.75, 3.05) is 20.2 Å². The third kappa shape index (κ3) is 7.19. The van der Waals surface area contributed by atoms with E-state index in [4.69, 9.17) is 0 Å². The Morgan fingerprint density at radius 3 is 2.50 bits per heavy atom. The lowest BCUT2D eigenvalue weighted by Gasteiger charge is -2.10. The Labute approximate surface area is 95.4 Å². The van der Waals surface area contributed by atoms with E-state index in [1.165, 1.54) is 7.11 Å². The van der Waals surface area contributed by atoms with Crippen LogP contribution in [-0.2, 0) is 14.3 Å². The zero-order chi connectivity index (χ0) is 12.6. The second-order valence-corrected chi connectivity index (χ2v) is 3.70. The number of methoxy groups -OCH3 is 1. The van der Waals surface area contributed by atoms with E-state index in [0.29, 0.717) is 19.0 Å². The summed E-state index contributed by atoms with van der Waals surface area (Å²) >= 11 is 0. The number of rotatable bonds is 7. The molecule has 0 bridgehead atoms. The Bertz CT molecular complexity index is 231. The minimum absolute atomic E-state index is 0.118. The molecule has 0 aliphatic carbocycles. The van der Waals surface area contributed by atoms with Crippen molar-refractivity contribution in [2.45, 2.75) is 32.4 Å². The van der Waals surface area contributed by atoms with Crippen LogP contribution in [0.4, 0.5) is 0 Å². The van der Waals surface area contributed by atoms with Crippen LogP contribution in [0, 0.1) is 0 Å². The van der Waals surface area contributed by atoms with E-state index < -0.39 is 12.1 Å². The Kier molecular flexibility index (Phi) is 7.49. The maximum Gasteiger partial charge on any atom is 0.336 e. The van der Waals surface area contributed by atoms with Gasteiger partial charge in [-0.25, -0.2) is 4.79 Å². The van der Waals surface area contributed by atoms with Gasteiger partial charge < -0.3 is 20.5 Å². The first-order chi connectivity index (χ1) is 7.47. The number of aliphatic hydroxyl groups is 1. The summed E-state index contributed by atoms with van der Waals surface area (Å²) in [6.07, 6.45) is -0.987. The number of carbonyl (C=O) groups is 2. The largest absolute Gasteiger partial charge is 0.467 e. The van der Waals surface area contributed by atoms with E-state index in [1.807, 2.05) is 13.8 Å². The summed E-state index contributed by atoms with van der Waals surface area (Å²) in [7, 11) is 1.18. The summed E-state index contributed by atoms with van der Waals surface area (Å²) in [6.45, 7) is 4.42.